The molecule has 23 heavy (non-hydrogen) atoms. The molecule has 2 unspecified atom stereocenters. The summed E-state index contributed by atoms with van der Waals surface area (Å²) >= 11 is 0. The van der Waals surface area contributed by atoms with Crippen molar-refractivity contribution in [3.63, 3.8) is 0 Å². The maximum atomic E-state index is 12.7. The molecular weight excluding hydrogens is 290 g/mol. The van der Waals surface area contributed by atoms with Gasteiger partial charge in [-0.3, -0.25) is 4.79 Å². The van der Waals surface area contributed by atoms with Crippen LogP contribution in [0.3, 0.4) is 0 Å². The second kappa shape index (κ2) is 5.71. The van der Waals surface area contributed by atoms with Crippen molar-refractivity contribution in [1.82, 2.24) is 14.9 Å². The first kappa shape index (κ1) is 14.3. The SMILES string of the molecule is C#Cc1ccc2[nH]c(C3CCCN3C(=O)C3CCCO3)nc2c1. The molecule has 5 nitrogen and oxygen atoms in total. The lowest BCUT2D eigenvalue weighted by molar-refractivity contribution is -0.142. The number of aromatic amines is 1. The number of rotatable bonds is 2. The molecule has 5 heteroatoms. The molecule has 2 aliphatic heterocycles. The number of nitrogens with one attached hydrogen (secondary N) is 1. The van der Waals surface area contributed by atoms with Crippen LogP contribution >= 0.6 is 0 Å². The van der Waals surface area contributed by atoms with Gasteiger partial charge >= 0.3 is 0 Å². The topological polar surface area (TPSA) is 58.2 Å². The number of ether oxygens (including phenoxy) is 1. The molecule has 0 aliphatic carbocycles. The van der Waals surface area contributed by atoms with E-state index in [4.69, 9.17) is 11.2 Å². The van der Waals surface area contributed by atoms with E-state index in [1.165, 1.54) is 0 Å². The van der Waals surface area contributed by atoms with Gasteiger partial charge in [-0.25, -0.2) is 4.98 Å². The van der Waals surface area contributed by atoms with Gasteiger partial charge in [0.1, 0.15) is 11.9 Å². The van der Waals surface area contributed by atoms with Crippen LogP contribution < -0.4 is 0 Å². The van der Waals surface area contributed by atoms with E-state index in [2.05, 4.69) is 15.9 Å². The quantitative estimate of drug-likeness (QED) is 0.867. The van der Waals surface area contributed by atoms with Crippen LogP contribution in [0, 0.1) is 12.3 Å². The fourth-order valence-corrected chi connectivity index (χ4v) is 3.55. The molecule has 1 aromatic heterocycles. The van der Waals surface area contributed by atoms with Gasteiger partial charge < -0.3 is 14.6 Å². The second-order valence-corrected chi connectivity index (χ2v) is 6.19. The van der Waals surface area contributed by atoms with Gasteiger partial charge in [-0.05, 0) is 43.9 Å². The van der Waals surface area contributed by atoms with Gasteiger partial charge in [0, 0.05) is 18.7 Å². The van der Waals surface area contributed by atoms with Crippen molar-refractivity contribution < 1.29 is 9.53 Å². The smallest absolute Gasteiger partial charge is 0.252 e. The highest BCUT2D eigenvalue weighted by Gasteiger charge is 2.37. The van der Waals surface area contributed by atoms with E-state index in [1.807, 2.05) is 23.1 Å². The van der Waals surface area contributed by atoms with E-state index >= 15 is 0 Å². The molecule has 0 bridgehead atoms. The van der Waals surface area contributed by atoms with Crippen molar-refractivity contribution in [2.75, 3.05) is 13.2 Å². The molecule has 2 atom stereocenters. The van der Waals surface area contributed by atoms with E-state index < -0.39 is 0 Å². The Morgan fingerprint density at radius 1 is 1.39 bits per heavy atom. The van der Waals surface area contributed by atoms with Crippen molar-refractivity contribution in [3.05, 3.63) is 29.6 Å². The number of nitrogens with zero attached hydrogens (tertiary/aromatic N) is 2. The number of carbonyl (C=O) groups excluding carboxylic acids is 1. The Hall–Kier alpha value is -2.32. The molecule has 2 aliphatic rings. The Morgan fingerprint density at radius 2 is 2.30 bits per heavy atom. The number of hydrogen-bond acceptors (Lipinski definition) is 3. The van der Waals surface area contributed by atoms with Crippen LogP contribution in [0.1, 0.15) is 43.1 Å². The zero-order valence-electron chi connectivity index (χ0n) is 12.9. The Labute approximate surface area is 135 Å². The normalized spacial score (nSPS) is 24.2. The zero-order chi connectivity index (χ0) is 15.8. The van der Waals surface area contributed by atoms with Crippen molar-refractivity contribution in [1.29, 1.82) is 0 Å². The Morgan fingerprint density at radius 3 is 3.09 bits per heavy atom. The van der Waals surface area contributed by atoms with Crippen LogP contribution in [0.4, 0.5) is 0 Å². The van der Waals surface area contributed by atoms with E-state index in [9.17, 15) is 4.79 Å². The van der Waals surface area contributed by atoms with Crippen molar-refractivity contribution in [3.8, 4) is 12.3 Å². The lowest BCUT2D eigenvalue weighted by Gasteiger charge is -2.25. The molecule has 2 fully saturated rings. The monoisotopic (exact) mass is 309 g/mol. The summed E-state index contributed by atoms with van der Waals surface area (Å²) in [6.07, 6.45) is 8.90. The summed E-state index contributed by atoms with van der Waals surface area (Å²) in [4.78, 5) is 22.6. The van der Waals surface area contributed by atoms with Gasteiger partial charge in [0.05, 0.1) is 17.1 Å². The summed E-state index contributed by atoms with van der Waals surface area (Å²) in [5.74, 6) is 3.58. The summed E-state index contributed by atoms with van der Waals surface area (Å²) < 4.78 is 5.56. The fourth-order valence-electron chi connectivity index (χ4n) is 3.55. The number of aromatic nitrogens is 2. The third kappa shape index (κ3) is 2.49. The Kier molecular flexibility index (Phi) is 3.55. The standard InChI is InChI=1S/C18H19N3O2/c1-2-12-7-8-13-14(11-12)20-17(19-13)15-5-3-9-21(15)18(22)16-6-4-10-23-16/h1,7-8,11,15-16H,3-6,9-10H2,(H,19,20). The van der Waals surface area contributed by atoms with Gasteiger partial charge in [-0.2, -0.15) is 0 Å². The molecular formula is C18H19N3O2. The number of likely N-dealkylation sites (tertiary alicyclic amines) is 1. The molecule has 4 rings (SSSR count). The number of amides is 1. The number of carbonyl (C=O) groups is 1. The summed E-state index contributed by atoms with van der Waals surface area (Å²) in [5.41, 5.74) is 2.62. The Bertz CT molecular complexity index is 783. The molecule has 2 aromatic rings. The summed E-state index contributed by atoms with van der Waals surface area (Å²) in [7, 11) is 0. The highest BCUT2D eigenvalue weighted by atomic mass is 16.5. The average molecular weight is 309 g/mol. The van der Waals surface area contributed by atoms with E-state index in [1.54, 1.807) is 0 Å². The van der Waals surface area contributed by atoms with Crippen molar-refractivity contribution in [2.24, 2.45) is 0 Å². The highest BCUT2D eigenvalue weighted by molar-refractivity contribution is 5.82. The van der Waals surface area contributed by atoms with E-state index in [0.29, 0.717) is 6.61 Å². The first-order chi connectivity index (χ1) is 11.3. The molecule has 118 valence electrons. The fraction of sp³-hybridized carbons (Fsp3) is 0.444. The first-order valence-corrected chi connectivity index (χ1v) is 8.14. The molecule has 1 N–H and O–H groups in total. The molecule has 0 spiro atoms. The van der Waals surface area contributed by atoms with Gasteiger partial charge in [0.25, 0.3) is 5.91 Å². The van der Waals surface area contributed by atoms with Crippen molar-refractivity contribution in [2.45, 2.75) is 37.8 Å². The van der Waals surface area contributed by atoms with Gasteiger partial charge in [-0.1, -0.05) is 5.92 Å². The van der Waals surface area contributed by atoms with E-state index in [-0.39, 0.29) is 18.1 Å². The predicted octanol–water partition coefficient (Wildman–Crippen LogP) is 2.39. The number of imidazole rings is 1. The van der Waals surface area contributed by atoms with Crippen LogP contribution in [0.2, 0.25) is 0 Å². The van der Waals surface area contributed by atoms with Crippen molar-refractivity contribution >= 4 is 16.9 Å². The largest absolute Gasteiger partial charge is 0.368 e. The molecule has 0 saturated carbocycles. The minimum absolute atomic E-state index is 0.00776. The number of fused-ring (bicyclic) bond motifs is 1. The van der Waals surface area contributed by atoms with Crippen LogP contribution in [0.15, 0.2) is 18.2 Å². The molecule has 0 radical (unpaired) electrons. The minimum atomic E-state index is -0.270. The number of H-pyrrole nitrogens is 1. The maximum Gasteiger partial charge on any atom is 0.252 e. The maximum absolute atomic E-state index is 12.7. The van der Waals surface area contributed by atoms with Crippen LogP contribution in [-0.2, 0) is 9.53 Å². The van der Waals surface area contributed by atoms with Gasteiger partial charge in [0.15, 0.2) is 0 Å². The van der Waals surface area contributed by atoms with Crippen LogP contribution in [0.25, 0.3) is 11.0 Å². The van der Waals surface area contributed by atoms with Crippen LogP contribution in [0.5, 0.6) is 0 Å². The highest BCUT2D eigenvalue weighted by Crippen LogP contribution is 2.33. The minimum Gasteiger partial charge on any atom is -0.368 e. The molecule has 3 heterocycles. The molecule has 2 saturated heterocycles. The summed E-state index contributed by atoms with van der Waals surface area (Å²) in [6.45, 7) is 1.46. The molecule has 1 amide bonds. The first-order valence-electron chi connectivity index (χ1n) is 8.14. The average Bonchev–Trinajstić information content (AvgIpc) is 3.32. The zero-order valence-corrected chi connectivity index (χ0v) is 12.9. The summed E-state index contributed by atoms with van der Waals surface area (Å²) in [5, 5.41) is 0. The van der Waals surface area contributed by atoms with Gasteiger partial charge in [-0.15, -0.1) is 6.42 Å². The van der Waals surface area contributed by atoms with Crippen LogP contribution in [-0.4, -0.2) is 40.0 Å². The lowest BCUT2D eigenvalue weighted by Crippen LogP contribution is -2.38. The van der Waals surface area contributed by atoms with E-state index in [0.717, 1.165) is 54.6 Å². The third-order valence-corrected chi connectivity index (χ3v) is 4.72. The predicted molar refractivity (Wildman–Crippen MR) is 86.7 cm³/mol. The second-order valence-electron chi connectivity index (χ2n) is 6.19. The number of benzene rings is 1. The molecule has 1 aromatic carbocycles. The Balaban J connectivity index is 1.63. The lowest BCUT2D eigenvalue weighted by atomic mass is 10.1. The number of terminal acetylenes is 1. The number of hydrogen-bond donors (Lipinski definition) is 1. The third-order valence-electron chi connectivity index (χ3n) is 4.72. The summed E-state index contributed by atoms with van der Waals surface area (Å²) in [6, 6.07) is 5.75. The van der Waals surface area contributed by atoms with Gasteiger partial charge in [0.2, 0.25) is 0 Å².